The van der Waals surface area contributed by atoms with Crippen LogP contribution in [0.4, 0.5) is 0 Å². The average Bonchev–Trinajstić information content (AvgIpc) is 2.99. The van der Waals surface area contributed by atoms with E-state index in [4.69, 9.17) is 4.74 Å². The molecule has 2 atom stereocenters. The van der Waals surface area contributed by atoms with Crippen molar-refractivity contribution in [2.75, 3.05) is 0 Å². The van der Waals surface area contributed by atoms with Gasteiger partial charge in [-0.2, -0.15) is 0 Å². The van der Waals surface area contributed by atoms with Crippen molar-refractivity contribution in [3.63, 3.8) is 0 Å². The van der Waals surface area contributed by atoms with Crippen LogP contribution in [0.25, 0.3) is 0 Å². The maximum atomic E-state index is 12.1. The van der Waals surface area contributed by atoms with Crippen molar-refractivity contribution in [3.8, 4) is 5.75 Å². The molecule has 2 nitrogen and oxygen atoms in total. The quantitative estimate of drug-likeness (QED) is 0.807. The van der Waals surface area contributed by atoms with Crippen LogP contribution in [0.2, 0.25) is 0 Å². The number of para-hydroxylation sites is 1. The Labute approximate surface area is 121 Å². The van der Waals surface area contributed by atoms with Gasteiger partial charge in [0, 0.05) is 6.42 Å². The maximum absolute atomic E-state index is 12.1. The maximum Gasteiger partial charge on any atom is 0.146 e. The molecule has 1 aromatic rings. The molecule has 3 rings (SSSR count). The summed E-state index contributed by atoms with van der Waals surface area (Å²) in [6.07, 6.45) is 6.24. The second kappa shape index (κ2) is 5.23. The summed E-state index contributed by atoms with van der Waals surface area (Å²) in [5, 5.41) is 0. The summed E-state index contributed by atoms with van der Waals surface area (Å²) in [6, 6.07) is 8.33. The predicted octanol–water partition coefficient (Wildman–Crippen LogP) is 4.48. The molecule has 1 aromatic carbocycles. The van der Waals surface area contributed by atoms with Crippen molar-refractivity contribution < 1.29 is 9.53 Å². The Bertz CT molecular complexity index is 500. The lowest BCUT2D eigenvalue weighted by Crippen LogP contribution is -2.55. The van der Waals surface area contributed by atoms with Crippen LogP contribution in [0.3, 0.4) is 0 Å². The number of hydrogen-bond donors (Lipinski definition) is 0. The zero-order chi connectivity index (χ0) is 14.2. The summed E-state index contributed by atoms with van der Waals surface area (Å²) >= 11 is 0. The normalized spacial score (nSPS) is 25.5. The number of benzene rings is 1. The van der Waals surface area contributed by atoms with E-state index in [9.17, 15) is 4.79 Å². The van der Waals surface area contributed by atoms with Gasteiger partial charge in [0.1, 0.15) is 17.6 Å². The molecule has 2 aliphatic rings. The van der Waals surface area contributed by atoms with E-state index in [1.54, 1.807) is 0 Å². The van der Waals surface area contributed by atoms with Crippen LogP contribution in [-0.4, -0.2) is 11.9 Å². The Hall–Kier alpha value is -1.31. The van der Waals surface area contributed by atoms with Gasteiger partial charge in [-0.05, 0) is 36.8 Å². The number of carbonyl (C=O) groups is 1. The van der Waals surface area contributed by atoms with E-state index in [1.807, 2.05) is 6.07 Å². The van der Waals surface area contributed by atoms with Crippen molar-refractivity contribution in [3.05, 3.63) is 29.8 Å². The SMILES string of the molecule is CCC(C)c1ccccc1OC1CC(=O)C12CCCC2. The molecule has 0 heterocycles. The molecule has 2 saturated carbocycles. The Morgan fingerprint density at radius 3 is 2.65 bits per heavy atom. The molecular weight excluding hydrogens is 248 g/mol. The first-order chi connectivity index (χ1) is 9.67. The zero-order valence-corrected chi connectivity index (χ0v) is 12.5. The Kier molecular flexibility index (Phi) is 3.57. The van der Waals surface area contributed by atoms with Crippen LogP contribution in [-0.2, 0) is 4.79 Å². The molecule has 0 amide bonds. The topological polar surface area (TPSA) is 26.3 Å². The molecule has 2 fully saturated rings. The molecule has 0 radical (unpaired) electrons. The van der Waals surface area contributed by atoms with Crippen molar-refractivity contribution in [2.45, 2.75) is 64.4 Å². The largest absolute Gasteiger partial charge is 0.489 e. The van der Waals surface area contributed by atoms with Crippen LogP contribution in [0.5, 0.6) is 5.75 Å². The highest BCUT2D eigenvalue weighted by molar-refractivity contribution is 5.92. The lowest BCUT2D eigenvalue weighted by atomic mass is 9.63. The number of ketones is 1. The third-order valence-electron chi connectivity index (χ3n) is 5.37. The summed E-state index contributed by atoms with van der Waals surface area (Å²) in [7, 11) is 0. The second-order valence-corrected chi connectivity index (χ2v) is 6.44. The number of Topliss-reactive ketones (excluding diaryl/α,β-unsaturated/α-hetero) is 1. The standard InChI is InChI=1S/C18H24O2/c1-3-13(2)14-8-4-5-9-15(14)20-17-12-16(19)18(17)10-6-7-11-18/h4-5,8-9,13,17H,3,6-7,10-12H2,1-2H3. The van der Waals surface area contributed by atoms with Gasteiger partial charge >= 0.3 is 0 Å². The Morgan fingerprint density at radius 1 is 1.30 bits per heavy atom. The van der Waals surface area contributed by atoms with Gasteiger partial charge < -0.3 is 4.74 Å². The van der Waals surface area contributed by atoms with Gasteiger partial charge in [0.05, 0.1) is 5.41 Å². The molecule has 0 saturated heterocycles. The third-order valence-corrected chi connectivity index (χ3v) is 5.37. The van der Waals surface area contributed by atoms with E-state index in [-0.39, 0.29) is 11.5 Å². The van der Waals surface area contributed by atoms with Gasteiger partial charge in [-0.15, -0.1) is 0 Å². The lowest BCUT2D eigenvalue weighted by molar-refractivity contribution is -0.151. The highest BCUT2D eigenvalue weighted by Gasteiger charge is 2.57. The Morgan fingerprint density at radius 2 is 2.00 bits per heavy atom. The molecule has 1 spiro atoms. The summed E-state index contributed by atoms with van der Waals surface area (Å²) < 4.78 is 6.29. The van der Waals surface area contributed by atoms with Crippen LogP contribution >= 0.6 is 0 Å². The zero-order valence-electron chi connectivity index (χ0n) is 12.5. The smallest absolute Gasteiger partial charge is 0.146 e. The lowest BCUT2D eigenvalue weighted by Gasteiger charge is -2.45. The van der Waals surface area contributed by atoms with E-state index >= 15 is 0 Å². The minimum absolute atomic E-state index is 0.114. The molecule has 20 heavy (non-hydrogen) atoms. The van der Waals surface area contributed by atoms with Crippen molar-refractivity contribution in [1.82, 2.24) is 0 Å². The minimum Gasteiger partial charge on any atom is -0.489 e. The summed E-state index contributed by atoms with van der Waals surface area (Å²) in [6.45, 7) is 4.44. The van der Waals surface area contributed by atoms with Gasteiger partial charge in [0.25, 0.3) is 0 Å². The van der Waals surface area contributed by atoms with Crippen molar-refractivity contribution in [2.24, 2.45) is 5.41 Å². The summed E-state index contributed by atoms with van der Waals surface area (Å²) in [4.78, 5) is 12.1. The van der Waals surface area contributed by atoms with Gasteiger partial charge in [0.2, 0.25) is 0 Å². The first-order valence-electron chi connectivity index (χ1n) is 7.96. The van der Waals surface area contributed by atoms with Crippen LogP contribution < -0.4 is 4.74 Å². The van der Waals surface area contributed by atoms with Gasteiger partial charge in [-0.3, -0.25) is 4.79 Å². The third kappa shape index (κ3) is 2.06. The van der Waals surface area contributed by atoms with Crippen LogP contribution in [0.1, 0.15) is 63.9 Å². The Balaban J connectivity index is 1.80. The number of ether oxygens (including phenoxy) is 1. The highest BCUT2D eigenvalue weighted by atomic mass is 16.5. The van der Waals surface area contributed by atoms with Crippen LogP contribution in [0.15, 0.2) is 24.3 Å². The first kappa shape index (κ1) is 13.7. The van der Waals surface area contributed by atoms with E-state index in [0.29, 0.717) is 18.1 Å². The molecule has 0 aromatic heterocycles. The van der Waals surface area contributed by atoms with Crippen molar-refractivity contribution >= 4 is 5.78 Å². The predicted molar refractivity (Wildman–Crippen MR) is 80.1 cm³/mol. The average molecular weight is 272 g/mol. The molecule has 108 valence electrons. The van der Waals surface area contributed by atoms with E-state index in [1.165, 1.54) is 18.4 Å². The van der Waals surface area contributed by atoms with Crippen LogP contribution in [0, 0.1) is 5.41 Å². The van der Waals surface area contributed by atoms with Crippen molar-refractivity contribution in [1.29, 1.82) is 0 Å². The van der Waals surface area contributed by atoms with E-state index in [2.05, 4.69) is 32.0 Å². The minimum atomic E-state index is -0.136. The highest BCUT2D eigenvalue weighted by Crippen LogP contribution is 2.52. The number of carbonyl (C=O) groups excluding carboxylic acids is 1. The second-order valence-electron chi connectivity index (χ2n) is 6.44. The fourth-order valence-corrected chi connectivity index (χ4v) is 3.74. The van der Waals surface area contributed by atoms with Gasteiger partial charge in [-0.25, -0.2) is 0 Å². The summed E-state index contributed by atoms with van der Waals surface area (Å²) in [5.41, 5.74) is 1.14. The number of rotatable bonds is 4. The molecule has 0 bridgehead atoms. The number of hydrogen-bond acceptors (Lipinski definition) is 2. The molecule has 2 heteroatoms. The fraction of sp³-hybridized carbons (Fsp3) is 0.611. The monoisotopic (exact) mass is 272 g/mol. The fourth-order valence-electron chi connectivity index (χ4n) is 3.74. The van der Waals surface area contributed by atoms with Gasteiger partial charge in [0.15, 0.2) is 0 Å². The molecule has 0 N–H and O–H groups in total. The summed E-state index contributed by atoms with van der Waals surface area (Å²) in [5.74, 6) is 1.92. The molecule has 0 aliphatic heterocycles. The molecule has 2 unspecified atom stereocenters. The van der Waals surface area contributed by atoms with E-state index in [0.717, 1.165) is 25.0 Å². The van der Waals surface area contributed by atoms with E-state index < -0.39 is 0 Å². The molecular formula is C18H24O2. The van der Waals surface area contributed by atoms with Gasteiger partial charge in [-0.1, -0.05) is 44.9 Å². The first-order valence-corrected chi connectivity index (χ1v) is 7.96. The molecule has 2 aliphatic carbocycles.